The lowest BCUT2D eigenvalue weighted by molar-refractivity contribution is 0.0696. The molecule has 3 nitrogen and oxygen atoms in total. The first-order chi connectivity index (χ1) is 9.60. The minimum atomic E-state index is -0.988. The Morgan fingerprint density at radius 1 is 1.25 bits per heavy atom. The fourth-order valence-corrected chi connectivity index (χ4v) is 2.24. The first-order valence-electron chi connectivity index (χ1n) is 6.03. The SMILES string of the molecule is C/C=C/c1ccccc1Oc1cc(Br)cc(C(=O)O)c1. The molecule has 0 radical (unpaired) electrons. The van der Waals surface area contributed by atoms with E-state index in [9.17, 15) is 4.79 Å². The van der Waals surface area contributed by atoms with Crippen molar-refractivity contribution in [1.82, 2.24) is 0 Å². The van der Waals surface area contributed by atoms with Crippen LogP contribution >= 0.6 is 15.9 Å². The number of carbonyl (C=O) groups is 1. The average molecular weight is 333 g/mol. The van der Waals surface area contributed by atoms with Crippen molar-refractivity contribution in [1.29, 1.82) is 0 Å². The monoisotopic (exact) mass is 332 g/mol. The Bertz CT molecular complexity index is 663. The molecule has 0 heterocycles. The van der Waals surface area contributed by atoms with E-state index in [1.54, 1.807) is 6.07 Å². The quantitative estimate of drug-likeness (QED) is 0.859. The Kier molecular flexibility index (Phi) is 4.58. The molecule has 2 rings (SSSR count). The molecule has 0 spiro atoms. The maximum absolute atomic E-state index is 11.0. The molecule has 0 aliphatic carbocycles. The molecule has 20 heavy (non-hydrogen) atoms. The van der Waals surface area contributed by atoms with E-state index in [-0.39, 0.29) is 5.56 Å². The van der Waals surface area contributed by atoms with Gasteiger partial charge in [0.1, 0.15) is 11.5 Å². The van der Waals surface area contributed by atoms with Gasteiger partial charge in [0.2, 0.25) is 0 Å². The molecule has 0 amide bonds. The summed E-state index contributed by atoms with van der Waals surface area (Å²) >= 11 is 3.29. The van der Waals surface area contributed by atoms with Crippen molar-refractivity contribution in [3.05, 3.63) is 64.1 Å². The Hall–Kier alpha value is -2.07. The van der Waals surface area contributed by atoms with Crippen molar-refractivity contribution in [3.8, 4) is 11.5 Å². The molecule has 0 atom stereocenters. The van der Waals surface area contributed by atoms with Crippen molar-refractivity contribution in [2.75, 3.05) is 0 Å². The summed E-state index contributed by atoms with van der Waals surface area (Å²) in [5, 5.41) is 9.05. The zero-order valence-corrected chi connectivity index (χ0v) is 12.4. The van der Waals surface area contributed by atoms with E-state index >= 15 is 0 Å². The second-order valence-electron chi connectivity index (χ2n) is 4.12. The number of carboxylic acids is 1. The molecule has 0 aliphatic heterocycles. The lowest BCUT2D eigenvalue weighted by Gasteiger charge is -2.10. The summed E-state index contributed by atoms with van der Waals surface area (Å²) < 4.78 is 6.45. The maximum atomic E-state index is 11.0. The highest BCUT2D eigenvalue weighted by molar-refractivity contribution is 9.10. The molecule has 102 valence electrons. The van der Waals surface area contributed by atoms with Crippen LogP contribution in [0.15, 0.2) is 53.0 Å². The average Bonchev–Trinajstić information content (AvgIpc) is 2.40. The Morgan fingerprint density at radius 3 is 2.70 bits per heavy atom. The summed E-state index contributed by atoms with van der Waals surface area (Å²) in [7, 11) is 0. The van der Waals surface area contributed by atoms with Crippen LogP contribution in [0.4, 0.5) is 0 Å². The smallest absolute Gasteiger partial charge is 0.335 e. The van der Waals surface area contributed by atoms with E-state index in [4.69, 9.17) is 9.84 Å². The fraction of sp³-hybridized carbons (Fsp3) is 0.0625. The fourth-order valence-electron chi connectivity index (χ4n) is 1.76. The zero-order chi connectivity index (χ0) is 14.5. The molecule has 0 bridgehead atoms. The molecule has 2 aromatic rings. The first-order valence-corrected chi connectivity index (χ1v) is 6.83. The Morgan fingerprint density at radius 2 is 2.00 bits per heavy atom. The van der Waals surface area contributed by atoms with Crippen LogP contribution in [0.1, 0.15) is 22.8 Å². The Balaban J connectivity index is 2.37. The van der Waals surface area contributed by atoms with E-state index in [1.165, 1.54) is 12.1 Å². The molecule has 4 heteroatoms. The van der Waals surface area contributed by atoms with E-state index < -0.39 is 5.97 Å². The van der Waals surface area contributed by atoms with Gasteiger partial charge in [-0.2, -0.15) is 0 Å². The predicted molar refractivity (Wildman–Crippen MR) is 82.3 cm³/mol. The van der Waals surface area contributed by atoms with Crippen molar-refractivity contribution >= 4 is 28.0 Å². The highest BCUT2D eigenvalue weighted by atomic mass is 79.9. The number of allylic oxidation sites excluding steroid dienone is 1. The number of halogens is 1. The number of aromatic carboxylic acids is 1. The van der Waals surface area contributed by atoms with Gasteiger partial charge < -0.3 is 9.84 Å². The number of hydrogen-bond acceptors (Lipinski definition) is 2. The van der Waals surface area contributed by atoms with Crippen molar-refractivity contribution in [3.63, 3.8) is 0 Å². The van der Waals surface area contributed by atoms with Crippen molar-refractivity contribution in [2.24, 2.45) is 0 Å². The summed E-state index contributed by atoms with van der Waals surface area (Å²) in [6.07, 6.45) is 3.86. The van der Waals surface area contributed by atoms with Gasteiger partial charge in [-0.1, -0.05) is 46.3 Å². The molecule has 0 saturated heterocycles. The summed E-state index contributed by atoms with van der Waals surface area (Å²) in [6.45, 7) is 1.93. The van der Waals surface area contributed by atoms with E-state index in [0.29, 0.717) is 16.0 Å². The van der Waals surface area contributed by atoms with Gasteiger partial charge in [-0.25, -0.2) is 4.79 Å². The molecule has 0 fully saturated rings. The highest BCUT2D eigenvalue weighted by Crippen LogP contribution is 2.29. The van der Waals surface area contributed by atoms with Gasteiger partial charge in [0.05, 0.1) is 5.56 Å². The van der Waals surface area contributed by atoms with Crippen LogP contribution in [0.2, 0.25) is 0 Å². The molecule has 0 saturated carbocycles. The van der Waals surface area contributed by atoms with Crippen LogP contribution in [0.25, 0.3) is 6.08 Å². The van der Waals surface area contributed by atoms with E-state index in [2.05, 4.69) is 15.9 Å². The van der Waals surface area contributed by atoms with Crippen LogP contribution in [-0.4, -0.2) is 11.1 Å². The standard InChI is InChI=1S/C16H13BrO3/c1-2-5-11-6-3-4-7-15(11)20-14-9-12(16(18)19)8-13(17)10-14/h2-10H,1H3,(H,18,19)/b5-2+. The van der Waals surface area contributed by atoms with Crippen LogP contribution in [0.5, 0.6) is 11.5 Å². The molecule has 0 aromatic heterocycles. The van der Waals surface area contributed by atoms with Crippen molar-refractivity contribution in [2.45, 2.75) is 6.92 Å². The molecule has 2 aromatic carbocycles. The van der Waals surface area contributed by atoms with Crippen LogP contribution in [-0.2, 0) is 0 Å². The van der Waals surface area contributed by atoms with Gasteiger partial charge in [0.15, 0.2) is 0 Å². The third-order valence-electron chi connectivity index (χ3n) is 2.61. The second kappa shape index (κ2) is 6.39. The topological polar surface area (TPSA) is 46.5 Å². The molecular weight excluding hydrogens is 320 g/mol. The van der Waals surface area contributed by atoms with Gasteiger partial charge in [-0.3, -0.25) is 0 Å². The summed E-state index contributed by atoms with van der Waals surface area (Å²) in [6, 6.07) is 12.3. The van der Waals surface area contributed by atoms with Crippen LogP contribution in [0.3, 0.4) is 0 Å². The largest absolute Gasteiger partial charge is 0.478 e. The summed E-state index contributed by atoms with van der Waals surface area (Å²) in [5.41, 5.74) is 1.12. The van der Waals surface area contributed by atoms with Gasteiger partial charge in [-0.05, 0) is 31.2 Å². The summed E-state index contributed by atoms with van der Waals surface area (Å²) in [5.74, 6) is 0.173. The molecular formula is C16H13BrO3. The number of hydrogen-bond donors (Lipinski definition) is 1. The van der Waals surface area contributed by atoms with Gasteiger partial charge in [0, 0.05) is 10.0 Å². The van der Waals surface area contributed by atoms with E-state index in [0.717, 1.165) is 5.56 Å². The predicted octanol–water partition coefficient (Wildman–Crippen LogP) is 4.97. The van der Waals surface area contributed by atoms with Crippen LogP contribution in [0, 0.1) is 0 Å². The van der Waals surface area contributed by atoms with Gasteiger partial charge in [-0.15, -0.1) is 0 Å². The second-order valence-corrected chi connectivity index (χ2v) is 5.04. The number of ether oxygens (including phenoxy) is 1. The van der Waals surface area contributed by atoms with Gasteiger partial charge >= 0.3 is 5.97 Å². The van der Waals surface area contributed by atoms with Crippen molar-refractivity contribution < 1.29 is 14.6 Å². The number of benzene rings is 2. The molecule has 0 unspecified atom stereocenters. The normalized spacial score (nSPS) is 10.7. The summed E-state index contributed by atoms with van der Waals surface area (Å²) in [4.78, 5) is 11.0. The maximum Gasteiger partial charge on any atom is 0.335 e. The van der Waals surface area contributed by atoms with Crippen LogP contribution < -0.4 is 4.74 Å². The van der Waals surface area contributed by atoms with Gasteiger partial charge in [0.25, 0.3) is 0 Å². The Labute approximate surface area is 125 Å². The third kappa shape index (κ3) is 3.48. The number of carboxylic acid groups (broad SMARTS) is 1. The minimum Gasteiger partial charge on any atom is -0.478 e. The molecule has 0 aliphatic rings. The number of para-hydroxylation sites is 1. The number of rotatable bonds is 4. The minimum absolute atomic E-state index is 0.179. The highest BCUT2D eigenvalue weighted by Gasteiger charge is 2.08. The molecule has 1 N–H and O–H groups in total. The third-order valence-corrected chi connectivity index (χ3v) is 3.07. The zero-order valence-electron chi connectivity index (χ0n) is 10.8. The first kappa shape index (κ1) is 14.3. The lowest BCUT2D eigenvalue weighted by atomic mass is 10.2. The van der Waals surface area contributed by atoms with E-state index in [1.807, 2.05) is 43.3 Å². The lowest BCUT2D eigenvalue weighted by Crippen LogP contribution is -1.97.